The van der Waals surface area contributed by atoms with E-state index < -0.39 is 0 Å². The third-order valence-corrected chi connectivity index (χ3v) is 5.77. The molecule has 26 heavy (non-hydrogen) atoms. The maximum atomic E-state index is 13.4. The number of anilines is 1. The number of hydrogen-bond acceptors (Lipinski definition) is 3. The molecule has 2 aliphatic heterocycles. The molecule has 0 amide bonds. The largest absolute Gasteiger partial charge is 0.394 e. The second-order valence-electron chi connectivity index (χ2n) is 7.78. The minimum atomic E-state index is -0.219. The van der Waals surface area contributed by atoms with Crippen molar-refractivity contribution in [2.75, 3.05) is 11.9 Å². The Balaban J connectivity index is 1.75. The third kappa shape index (κ3) is 3.12. The molecule has 2 aromatic carbocycles. The van der Waals surface area contributed by atoms with E-state index >= 15 is 0 Å². The molecule has 0 saturated carbocycles. The van der Waals surface area contributed by atoms with Crippen molar-refractivity contribution in [1.82, 2.24) is 0 Å². The highest BCUT2D eigenvalue weighted by atomic mass is 19.1. The van der Waals surface area contributed by atoms with E-state index in [0.717, 1.165) is 24.1 Å². The van der Waals surface area contributed by atoms with Gasteiger partial charge in [0.15, 0.2) is 0 Å². The van der Waals surface area contributed by atoms with Gasteiger partial charge in [0.05, 0.1) is 24.9 Å². The van der Waals surface area contributed by atoms with E-state index in [1.54, 1.807) is 0 Å². The molecule has 1 saturated heterocycles. The van der Waals surface area contributed by atoms with Gasteiger partial charge in [0.1, 0.15) is 5.82 Å². The van der Waals surface area contributed by atoms with Gasteiger partial charge >= 0.3 is 0 Å². The van der Waals surface area contributed by atoms with E-state index in [4.69, 9.17) is 4.74 Å². The van der Waals surface area contributed by atoms with Crippen molar-refractivity contribution in [1.29, 1.82) is 0 Å². The van der Waals surface area contributed by atoms with Crippen molar-refractivity contribution in [2.45, 2.75) is 50.9 Å². The van der Waals surface area contributed by atoms with Crippen LogP contribution in [-0.4, -0.2) is 17.8 Å². The van der Waals surface area contributed by atoms with Crippen molar-refractivity contribution in [2.24, 2.45) is 5.92 Å². The van der Waals surface area contributed by atoms with Crippen molar-refractivity contribution in [3.8, 4) is 0 Å². The topological polar surface area (TPSA) is 41.5 Å². The van der Waals surface area contributed by atoms with Gasteiger partial charge in [-0.25, -0.2) is 4.39 Å². The Labute approximate surface area is 154 Å². The monoisotopic (exact) mass is 355 g/mol. The SMILES string of the molecule is CC(C)c1ccc2c(c1)[C@H]1O[C@H](CO)CC[C@H]1[C@@H](c1ccc(F)cc1)N2. The van der Waals surface area contributed by atoms with Crippen LogP contribution in [0.25, 0.3) is 0 Å². The zero-order valence-electron chi connectivity index (χ0n) is 15.3. The lowest BCUT2D eigenvalue weighted by Crippen LogP contribution is -2.40. The lowest BCUT2D eigenvalue weighted by molar-refractivity contribution is -0.110. The van der Waals surface area contributed by atoms with Crippen molar-refractivity contribution < 1.29 is 14.2 Å². The van der Waals surface area contributed by atoms with Crippen LogP contribution in [0.5, 0.6) is 0 Å². The van der Waals surface area contributed by atoms with E-state index in [0.29, 0.717) is 5.92 Å². The number of aliphatic hydroxyl groups excluding tert-OH is 1. The van der Waals surface area contributed by atoms with Gasteiger partial charge in [-0.15, -0.1) is 0 Å². The average molecular weight is 355 g/mol. The summed E-state index contributed by atoms with van der Waals surface area (Å²) in [5.41, 5.74) is 4.62. The maximum Gasteiger partial charge on any atom is 0.123 e. The molecule has 0 spiro atoms. The molecule has 2 N–H and O–H groups in total. The zero-order valence-corrected chi connectivity index (χ0v) is 15.3. The Morgan fingerprint density at radius 3 is 2.62 bits per heavy atom. The molecule has 2 aromatic rings. The van der Waals surface area contributed by atoms with Gasteiger partial charge < -0.3 is 15.2 Å². The first-order valence-corrected chi connectivity index (χ1v) is 9.49. The quantitative estimate of drug-likeness (QED) is 0.819. The lowest BCUT2D eigenvalue weighted by atomic mass is 9.76. The Hall–Kier alpha value is -1.91. The average Bonchev–Trinajstić information content (AvgIpc) is 2.67. The van der Waals surface area contributed by atoms with Crippen LogP contribution in [0.1, 0.15) is 61.4 Å². The Kier molecular flexibility index (Phi) is 4.72. The first kappa shape index (κ1) is 17.5. The van der Waals surface area contributed by atoms with Gasteiger partial charge in [-0.1, -0.05) is 38.1 Å². The van der Waals surface area contributed by atoms with Crippen LogP contribution < -0.4 is 5.32 Å². The summed E-state index contributed by atoms with van der Waals surface area (Å²) in [4.78, 5) is 0. The van der Waals surface area contributed by atoms with Gasteiger partial charge in [-0.2, -0.15) is 0 Å². The molecule has 0 aromatic heterocycles. The number of aliphatic hydroxyl groups is 1. The first-order chi connectivity index (χ1) is 12.6. The van der Waals surface area contributed by atoms with Crippen molar-refractivity contribution in [3.05, 3.63) is 65.0 Å². The third-order valence-electron chi connectivity index (χ3n) is 5.77. The molecule has 1 fully saturated rings. The summed E-state index contributed by atoms with van der Waals surface area (Å²) in [5, 5.41) is 13.3. The number of ether oxygens (including phenoxy) is 1. The predicted octanol–water partition coefficient (Wildman–Crippen LogP) is 4.94. The number of rotatable bonds is 3. The number of fused-ring (bicyclic) bond motifs is 3. The molecule has 0 bridgehead atoms. The number of hydrogen-bond donors (Lipinski definition) is 2. The summed E-state index contributed by atoms with van der Waals surface area (Å²) >= 11 is 0. The fourth-order valence-corrected chi connectivity index (χ4v) is 4.27. The van der Waals surface area contributed by atoms with E-state index in [2.05, 4.69) is 37.4 Å². The summed E-state index contributed by atoms with van der Waals surface area (Å²) in [5.74, 6) is 0.493. The fraction of sp³-hybridized carbons (Fsp3) is 0.455. The van der Waals surface area contributed by atoms with Gasteiger partial charge in [-0.3, -0.25) is 0 Å². The molecule has 2 aliphatic rings. The highest BCUT2D eigenvalue weighted by Crippen LogP contribution is 2.50. The second-order valence-corrected chi connectivity index (χ2v) is 7.78. The zero-order chi connectivity index (χ0) is 18.3. The molecule has 4 atom stereocenters. The molecule has 138 valence electrons. The number of nitrogens with one attached hydrogen (secondary N) is 1. The highest BCUT2D eigenvalue weighted by molar-refractivity contribution is 5.58. The lowest BCUT2D eigenvalue weighted by Gasteiger charge is -2.45. The van der Waals surface area contributed by atoms with Crippen LogP contribution in [0.4, 0.5) is 10.1 Å². The van der Waals surface area contributed by atoms with Crippen molar-refractivity contribution >= 4 is 5.69 Å². The van der Waals surface area contributed by atoms with E-state index in [9.17, 15) is 9.50 Å². The fourth-order valence-electron chi connectivity index (χ4n) is 4.27. The molecule has 0 radical (unpaired) electrons. The maximum absolute atomic E-state index is 13.4. The van der Waals surface area contributed by atoms with Gasteiger partial charge in [0.2, 0.25) is 0 Å². The Morgan fingerprint density at radius 2 is 1.92 bits per heavy atom. The van der Waals surface area contributed by atoms with Crippen molar-refractivity contribution in [3.63, 3.8) is 0 Å². The normalized spacial score (nSPS) is 27.6. The number of benzene rings is 2. The molecule has 3 nitrogen and oxygen atoms in total. The smallest absolute Gasteiger partial charge is 0.123 e. The molecule has 0 aliphatic carbocycles. The highest BCUT2D eigenvalue weighted by Gasteiger charge is 2.42. The van der Waals surface area contributed by atoms with E-state index in [-0.39, 0.29) is 36.6 Å². The number of halogens is 1. The Bertz CT molecular complexity index is 774. The molecular formula is C22H26FNO2. The Morgan fingerprint density at radius 1 is 1.15 bits per heavy atom. The van der Waals surface area contributed by atoms with Gasteiger partial charge in [0, 0.05) is 17.2 Å². The summed E-state index contributed by atoms with van der Waals surface area (Å²) in [6.45, 7) is 4.43. The summed E-state index contributed by atoms with van der Waals surface area (Å²) in [6, 6.07) is 13.4. The van der Waals surface area contributed by atoms with Crippen LogP contribution in [0.3, 0.4) is 0 Å². The van der Waals surface area contributed by atoms with Gasteiger partial charge in [-0.05, 0) is 48.1 Å². The molecule has 4 rings (SSSR count). The molecule has 4 heteroatoms. The first-order valence-electron chi connectivity index (χ1n) is 9.49. The predicted molar refractivity (Wildman–Crippen MR) is 101 cm³/mol. The van der Waals surface area contributed by atoms with Crippen LogP contribution >= 0.6 is 0 Å². The molecule has 0 unspecified atom stereocenters. The summed E-state index contributed by atoms with van der Waals surface area (Å²) in [6.07, 6.45) is 1.65. The molecule has 2 heterocycles. The standard InChI is InChI=1S/C22H26FNO2/c1-13(2)15-5-10-20-19(11-15)22-18(9-8-17(12-25)26-22)21(24-20)14-3-6-16(23)7-4-14/h3-7,10-11,13,17-18,21-22,24-25H,8-9,12H2,1-2H3/t17-,18-,21+,22-/m0/s1. The summed E-state index contributed by atoms with van der Waals surface area (Å²) in [7, 11) is 0. The molecular weight excluding hydrogens is 329 g/mol. The second kappa shape index (κ2) is 7.01. The summed E-state index contributed by atoms with van der Waals surface area (Å²) < 4.78 is 19.7. The van der Waals surface area contributed by atoms with Crippen LogP contribution in [0.15, 0.2) is 42.5 Å². The van der Waals surface area contributed by atoms with Crippen LogP contribution in [0, 0.1) is 11.7 Å². The van der Waals surface area contributed by atoms with Crippen LogP contribution in [-0.2, 0) is 4.74 Å². The van der Waals surface area contributed by atoms with E-state index in [1.165, 1.54) is 23.3 Å². The van der Waals surface area contributed by atoms with Crippen LogP contribution in [0.2, 0.25) is 0 Å². The van der Waals surface area contributed by atoms with Gasteiger partial charge in [0.25, 0.3) is 0 Å². The minimum absolute atomic E-state index is 0.0501. The van der Waals surface area contributed by atoms with E-state index in [1.807, 2.05) is 12.1 Å². The minimum Gasteiger partial charge on any atom is -0.394 e.